The van der Waals surface area contributed by atoms with Crippen LogP contribution in [0.5, 0.6) is 0 Å². The lowest BCUT2D eigenvalue weighted by atomic mass is 10.3. The molecule has 0 atom stereocenters. The van der Waals surface area contributed by atoms with E-state index in [1.807, 2.05) is 0 Å². The molecule has 0 saturated carbocycles. The van der Waals surface area contributed by atoms with Gasteiger partial charge < -0.3 is 5.11 Å². The van der Waals surface area contributed by atoms with Gasteiger partial charge in [-0.25, -0.2) is 13.2 Å². The van der Waals surface area contributed by atoms with Gasteiger partial charge in [0, 0.05) is 9.50 Å². The minimum Gasteiger partial charge on any atom is -0.477 e. The fourth-order valence-electron chi connectivity index (χ4n) is 1.57. The van der Waals surface area contributed by atoms with Crippen LogP contribution in [0.3, 0.4) is 0 Å². The Morgan fingerprint density at radius 1 is 1.38 bits per heavy atom. The average Bonchev–Trinajstić information content (AvgIpc) is 2.77. The molecule has 0 radical (unpaired) electrons. The third-order valence-corrected chi connectivity index (χ3v) is 6.52. The number of benzene rings is 1. The van der Waals surface area contributed by atoms with Crippen LogP contribution < -0.4 is 4.72 Å². The summed E-state index contributed by atoms with van der Waals surface area (Å²) in [7, 11) is -3.87. The lowest BCUT2D eigenvalue weighted by Gasteiger charge is -2.08. The lowest BCUT2D eigenvalue weighted by molar-refractivity contribution is 0.0701. The summed E-state index contributed by atoms with van der Waals surface area (Å²) in [6.07, 6.45) is 0. The Balaban J connectivity index is 2.41. The third-order valence-electron chi connectivity index (χ3n) is 2.53. The molecule has 1 heterocycles. The molecule has 112 valence electrons. The van der Waals surface area contributed by atoms with E-state index in [2.05, 4.69) is 20.7 Å². The highest BCUT2D eigenvalue weighted by Crippen LogP contribution is 2.31. The summed E-state index contributed by atoms with van der Waals surface area (Å²) in [6, 6.07) is 6.01. The van der Waals surface area contributed by atoms with Crippen molar-refractivity contribution < 1.29 is 18.3 Å². The number of halogens is 2. The van der Waals surface area contributed by atoms with Crippen molar-refractivity contribution in [3.05, 3.63) is 44.2 Å². The molecule has 2 N–H and O–H groups in total. The number of aryl methyl sites for hydroxylation is 1. The standard InChI is InChI=1S/C12H9BrClNO4S2/c1-6-4-10(20-11(6)12(16)17)21(18,19)15-9-5-7(14)2-3-8(9)13/h2-5,15H,1H3,(H,16,17). The minimum absolute atomic E-state index is 0.000495. The van der Waals surface area contributed by atoms with Gasteiger partial charge in [-0.3, -0.25) is 4.72 Å². The van der Waals surface area contributed by atoms with E-state index in [9.17, 15) is 13.2 Å². The number of thiophene rings is 1. The highest BCUT2D eigenvalue weighted by atomic mass is 79.9. The Morgan fingerprint density at radius 2 is 2.05 bits per heavy atom. The maximum Gasteiger partial charge on any atom is 0.346 e. The van der Waals surface area contributed by atoms with Gasteiger partial charge in [0.25, 0.3) is 10.0 Å². The molecule has 0 unspecified atom stereocenters. The van der Waals surface area contributed by atoms with Crippen molar-refractivity contribution in [1.29, 1.82) is 0 Å². The van der Waals surface area contributed by atoms with Crippen LogP contribution in [0.15, 0.2) is 32.9 Å². The number of rotatable bonds is 4. The molecule has 0 spiro atoms. The molecule has 1 aromatic heterocycles. The largest absolute Gasteiger partial charge is 0.477 e. The quantitative estimate of drug-likeness (QED) is 0.799. The van der Waals surface area contributed by atoms with Crippen LogP contribution >= 0.6 is 38.9 Å². The predicted octanol–water partition coefficient (Wildman–Crippen LogP) is 3.97. The fourth-order valence-corrected chi connectivity index (χ4v) is 4.67. The third kappa shape index (κ3) is 3.57. The molecular formula is C12H9BrClNO4S2. The van der Waals surface area contributed by atoms with Gasteiger partial charge in [0.2, 0.25) is 0 Å². The summed E-state index contributed by atoms with van der Waals surface area (Å²) >= 11 is 9.76. The van der Waals surface area contributed by atoms with E-state index in [4.69, 9.17) is 16.7 Å². The van der Waals surface area contributed by atoms with Crippen LogP contribution in [0.4, 0.5) is 5.69 Å². The van der Waals surface area contributed by atoms with Crippen molar-refractivity contribution in [2.45, 2.75) is 11.1 Å². The molecule has 0 aliphatic carbocycles. The summed E-state index contributed by atoms with van der Waals surface area (Å²) in [5.41, 5.74) is 0.684. The van der Waals surface area contributed by atoms with Crippen LogP contribution in [-0.4, -0.2) is 19.5 Å². The van der Waals surface area contributed by atoms with E-state index in [0.717, 1.165) is 0 Å². The summed E-state index contributed by atoms with van der Waals surface area (Å²) < 4.78 is 27.4. The first-order valence-corrected chi connectivity index (χ1v) is 8.99. The van der Waals surface area contributed by atoms with Gasteiger partial charge in [0.05, 0.1) is 5.69 Å². The second kappa shape index (κ2) is 5.96. The second-order valence-corrected chi connectivity index (χ2v) is 8.36. The number of carbonyl (C=O) groups is 1. The molecule has 9 heteroatoms. The van der Waals surface area contributed by atoms with E-state index in [-0.39, 0.29) is 14.8 Å². The van der Waals surface area contributed by atoms with Gasteiger partial charge in [-0.15, -0.1) is 11.3 Å². The summed E-state index contributed by atoms with van der Waals surface area (Å²) in [5.74, 6) is -1.15. The maximum absolute atomic E-state index is 12.3. The van der Waals surface area contributed by atoms with E-state index in [1.165, 1.54) is 12.1 Å². The molecule has 0 amide bonds. The van der Waals surface area contributed by atoms with Crippen LogP contribution in [0.25, 0.3) is 0 Å². The number of carboxylic acids is 1. The Kier molecular flexibility index (Phi) is 4.62. The Morgan fingerprint density at radius 3 is 2.62 bits per heavy atom. The number of anilines is 1. The molecule has 21 heavy (non-hydrogen) atoms. The van der Waals surface area contributed by atoms with Crippen molar-refractivity contribution in [2.24, 2.45) is 0 Å². The van der Waals surface area contributed by atoms with E-state index < -0.39 is 16.0 Å². The fraction of sp³-hybridized carbons (Fsp3) is 0.0833. The van der Waals surface area contributed by atoms with Crippen molar-refractivity contribution >= 4 is 60.5 Å². The zero-order chi connectivity index (χ0) is 15.8. The Hall–Kier alpha value is -1.09. The summed E-state index contributed by atoms with van der Waals surface area (Å²) in [6.45, 7) is 1.55. The molecule has 0 aliphatic rings. The zero-order valence-electron chi connectivity index (χ0n) is 10.6. The first-order valence-electron chi connectivity index (χ1n) is 5.52. The van der Waals surface area contributed by atoms with Crippen LogP contribution in [0.2, 0.25) is 5.02 Å². The lowest BCUT2D eigenvalue weighted by Crippen LogP contribution is -2.11. The highest BCUT2D eigenvalue weighted by molar-refractivity contribution is 9.10. The summed E-state index contributed by atoms with van der Waals surface area (Å²) in [5, 5.41) is 9.36. The number of carboxylic acid groups (broad SMARTS) is 1. The van der Waals surface area contributed by atoms with Crippen LogP contribution in [0, 0.1) is 6.92 Å². The zero-order valence-corrected chi connectivity index (χ0v) is 14.5. The number of aromatic carboxylic acids is 1. The first-order chi connectivity index (χ1) is 9.70. The molecule has 2 rings (SSSR count). The summed E-state index contributed by atoms with van der Waals surface area (Å²) in [4.78, 5) is 11.0. The number of hydrogen-bond acceptors (Lipinski definition) is 4. The van der Waals surface area contributed by atoms with E-state index in [0.29, 0.717) is 26.4 Å². The Bertz CT molecular complexity index is 817. The number of nitrogens with one attached hydrogen (secondary N) is 1. The monoisotopic (exact) mass is 409 g/mol. The molecule has 0 bridgehead atoms. The van der Waals surface area contributed by atoms with Crippen molar-refractivity contribution in [1.82, 2.24) is 0 Å². The molecule has 1 aromatic carbocycles. The number of sulfonamides is 1. The van der Waals surface area contributed by atoms with Gasteiger partial charge in [-0.1, -0.05) is 11.6 Å². The minimum atomic E-state index is -3.87. The molecule has 5 nitrogen and oxygen atoms in total. The average molecular weight is 411 g/mol. The Labute approximate surface area is 138 Å². The molecule has 0 fully saturated rings. The van der Waals surface area contributed by atoms with Gasteiger partial charge in [-0.2, -0.15) is 0 Å². The smallest absolute Gasteiger partial charge is 0.346 e. The van der Waals surface area contributed by atoms with E-state index in [1.54, 1.807) is 19.1 Å². The van der Waals surface area contributed by atoms with Gasteiger partial charge in [0.15, 0.2) is 0 Å². The first kappa shape index (κ1) is 16.3. The maximum atomic E-state index is 12.3. The molecule has 0 aliphatic heterocycles. The topological polar surface area (TPSA) is 83.5 Å². The molecular weight excluding hydrogens is 402 g/mol. The normalized spacial score (nSPS) is 11.4. The van der Waals surface area contributed by atoms with Crippen molar-refractivity contribution in [3.8, 4) is 0 Å². The van der Waals surface area contributed by atoms with Gasteiger partial charge in [-0.05, 0) is 52.7 Å². The molecule has 2 aromatic rings. The highest BCUT2D eigenvalue weighted by Gasteiger charge is 2.22. The molecule has 0 saturated heterocycles. The number of hydrogen-bond donors (Lipinski definition) is 2. The van der Waals surface area contributed by atoms with Gasteiger partial charge in [0.1, 0.15) is 9.09 Å². The van der Waals surface area contributed by atoms with Gasteiger partial charge >= 0.3 is 5.97 Å². The van der Waals surface area contributed by atoms with Crippen LogP contribution in [-0.2, 0) is 10.0 Å². The van der Waals surface area contributed by atoms with Crippen LogP contribution in [0.1, 0.15) is 15.2 Å². The van der Waals surface area contributed by atoms with Crippen molar-refractivity contribution in [3.63, 3.8) is 0 Å². The van der Waals surface area contributed by atoms with E-state index >= 15 is 0 Å². The second-order valence-electron chi connectivity index (χ2n) is 4.11. The SMILES string of the molecule is Cc1cc(S(=O)(=O)Nc2cc(Cl)ccc2Br)sc1C(=O)O. The predicted molar refractivity (Wildman–Crippen MR) is 86.0 cm³/mol. The van der Waals surface area contributed by atoms with Crippen molar-refractivity contribution in [2.75, 3.05) is 4.72 Å².